The van der Waals surface area contributed by atoms with Gasteiger partial charge in [0.15, 0.2) is 0 Å². The van der Waals surface area contributed by atoms with Crippen molar-refractivity contribution in [3.8, 4) is 6.07 Å². The minimum Gasteiger partial charge on any atom is -0.380 e. The molecule has 0 radical (unpaired) electrons. The molecule has 0 aliphatic carbocycles. The zero-order chi connectivity index (χ0) is 12.3. The van der Waals surface area contributed by atoms with Gasteiger partial charge in [0.25, 0.3) is 0 Å². The first kappa shape index (κ1) is 12.2. The third-order valence-electron chi connectivity index (χ3n) is 2.49. The van der Waals surface area contributed by atoms with E-state index in [1.807, 2.05) is 31.2 Å². The summed E-state index contributed by atoms with van der Waals surface area (Å²) in [6.07, 6.45) is 0. The summed E-state index contributed by atoms with van der Waals surface area (Å²) in [7, 11) is 0. The maximum Gasteiger partial charge on any atom is 0.0994 e. The van der Waals surface area contributed by atoms with Crippen molar-refractivity contribution in [1.29, 1.82) is 5.26 Å². The molecule has 2 rings (SSSR count). The van der Waals surface area contributed by atoms with Gasteiger partial charge >= 0.3 is 0 Å². The minimum atomic E-state index is 0.729. The lowest BCUT2D eigenvalue weighted by atomic mass is 10.1. The first-order chi connectivity index (χ1) is 8.20. The highest BCUT2D eigenvalue weighted by atomic mass is 79.9. The van der Waals surface area contributed by atoms with E-state index in [1.54, 1.807) is 11.3 Å². The molecule has 0 saturated carbocycles. The van der Waals surface area contributed by atoms with Crippen molar-refractivity contribution in [2.75, 3.05) is 5.32 Å². The summed E-state index contributed by atoms with van der Waals surface area (Å²) < 4.78 is 1.14. The normalized spacial score (nSPS) is 9.94. The number of nitrogens with one attached hydrogen (secondary N) is 1. The molecule has 86 valence electrons. The van der Waals surface area contributed by atoms with Crippen molar-refractivity contribution in [3.05, 3.63) is 50.1 Å². The van der Waals surface area contributed by atoms with Gasteiger partial charge < -0.3 is 5.32 Å². The van der Waals surface area contributed by atoms with E-state index in [-0.39, 0.29) is 0 Å². The van der Waals surface area contributed by atoms with Crippen LogP contribution in [0.2, 0.25) is 0 Å². The van der Waals surface area contributed by atoms with Gasteiger partial charge in [-0.15, -0.1) is 11.3 Å². The second-order valence-electron chi connectivity index (χ2n) is 3.69. The Kier molecular flexibility index (Phi) is 3.82. The fraction of sp³-hybridized carbons (Fsp3) is 0.154. The highest BCUT2D eigenvalue weighted by Gasteiger charge is 2.02. The van der Waals surface area contributed by atoms with Gasteiger partial charge in [-0.3, -0.25) is 0 Å². The number of hydrogen-bond donors (Lipinski definition) is 1. The van der Waals surface area contributed by atoms with Gasteiger partial charge in [0.2, 0.25) is 0 Å². The lowest BCUT2D eigenvalue weighted by molar-refractivity contribution is 1.18. The molecule has 0 unspecified atom stereocenters. The van der Waals surface area contributed by atoms with E-state index >= 15 is 0 Å². The van der Waals surface area contributed by atoms with Crippen LogP contribution >= 0.6 is 27.3 Å². The van der Waals surface area contributed by atoms with Crippen molar-refractivity contribution in [2.45, 2.75) is 13.5 Å². The molecule has 1 aromatic carbocycles. The molecule has 4 heteroatoms. The molecule has 2 nitrogen and oxygen atoms in total. The summed E-state index contributed by atoms with van der Waals surface area (Å²) in [5.41, 5.74) is 2.78. The Morgan fingerprint density at radius 1 is 1.41 bits per heavy atom. The number of hydrogen-bond acceptors (Lipinski definition) is 3. The lowest BCUT2D eigenvalue weighted by Crippen LogP contribution is -1.98. The molecule has 0 fully saturated rings. The van der Waals surface area contributed by atoms with Gasteiger partial charge in [0, 0.05) is 15.0 Å². The average Bonchev–Trinajstić information content (AvgIpc) is 2.72. The largest absolute Gasteiger partial charge is 0.380 e. The number of nitriles is 1. The number of halogens is 1. The number of rotatable bonds is 3. The van der Waals surface area contributed by atoms with Crippen molar-refractivity contribution >= 4 is 33.0 Å². The SMILES string of the molecule is Cc1cc(NCc2sccc2Br)ccc1C#N. The second-order valence-corrected chi connectivity index (χ2v) is 5.54. The summed E-state index contributed by atoms with van der Waals surface area (Å²) in [6, 6.07) is 10.0. The number of aryl methyl sites for hydroxylation is 1. The molecule has 17 heavy (non-hydrogen) atoms. The highest BCUT2D eigenvalue weighted by Crippen LogP contribution is 2.24. The smallest absolute Gasteiger partial charge is 0.0994 e. The fourth-order valence-corrected chi connectivity index (χ4v) is 2.96. The summed E-state index contributed by atoms with van der Waals surface area (Å²) >= 11 is 5.22. The Bertz CT molecular complexity index is 569. The van der Waals surface area contributed by atoms with Crippen molar-refractivity contribution in [2.24, 2.45) is 0 Å². The lowest BCUT2D eigenvalue weighted by Gasteiger charge is -2.07. The van der Waals surface area contributed by atoms with E-state index in [2.05, 4.69) is 32.7 Å². The quantitative estimate of drug-likeness (QED) is 0.917. The molecule has 2 aromatic rings. The van der Waals surface area contributed by atoms with E-state index in [0.717, 1.165) is 27.8 Å². The monoisotopic (exact) mass is 306 g/mol. The van der Waals surface area contributed by atoms with Gasteiger partial charge in [-0.05, 0) is 58.1 Å². The minimum absolute atomic E-state index is 0.729. The summed E-state index contributed by atoms with van der Waals surface area (Å²) in [5, 5.41) is 14.3. The zero-order valence-corrected chi connectivity index (χ0v) is 11.7. The van der Waals surface area contributed by atoms with Crippen molar-refractivity contribution in [3.63, 3.8) is 0 Å². The van der Waals surface area contributed by atoms with Crippen LogP contribution in [0.25, 0.3) is 0 Å². The third-order valence-corrected chi connectivity index (χ3v) is 4.42. The number of anilines is 1. The molecule has 0 amide bonds. The van der Waals surface area contributed by atoms with Crippen molar-refractivity contribution in [1.82, 2.24) is 0 Å². The maximum atomic E-state index is 8.85. The van der Waals surface area contributed by atoms with Gasteiger partial charge in [0.1, 0.15) is 0 Å². The molecule has 1 heterocycles. The summed E-state index contributed by atoms with van der Waals surface area (Å²) in [4.78, 5) is 1.27. The van der Waals surface area contributed by atoms with Crippen LogP contribution in [0.4, 0.5) is 5.69 Å². The molecule has 1 aromatic heterocycles. The zero-order valence-electron chi connectivity index (χ0n) is 9.33. The van der Waals surface area contributed by atoms with Crippen LogP contribution in [0.5, 0.6) is 0 Å². The number of nitrogens with zero attached hydrogens (tertiary/aromatic N) is 1. The number of benzene rings is 1. The molecule has 0 aliphatic rings. The first-order valence-electron chi connectivity index (χ1n) is 5.17. The predicted molar refractivity (Wildman–Crippen MR) is 75.2 cm³/mol. The van der Waals surface area contributed by atoms with Gasteiger partial charge in [-0.2, -0.15) is 5.26 Å². The van der Waals surface area contributed by atoms with Gasteiger partial charge in [0.05, 0.1) is 18.2 Å². The van der Waals surface area contributed by atoms with Crippen molar-refractivity contribution < 1.29 is 0 Å². The van der Waals surface area contributed by atoms with E-state index in [0.29, 0.717) is 0 Å². The average molecular weight is 307 g/mol. The van der Waals surface area contributed by atoms with E-state index in [1.165, 1.54) is 4.88 Å². The topological polar surface area (TPSA) is 35.8 Å². The summed E-state index contributed by atoms with van der Waals surface area (Å²) in [6.45, 7) is 2.74. The molecular weight excluding hydrogens is 296 g/mol. The number of thiophene rings is 1. The first-order valence-corrected chi connectivity index (χ1v) is 6.84. The van der Waals surface area contributed by atoms with E-state index < -0.39 is 0 Å². The Morgan fingerprint density at radius 3 is 2.82 bits per heavy atom. The fourth-order valence-electron chi connectivity index (χ4n) is 1.53. The Hall–Kier alpha value is -1.31. The van der Waals surface area contributed by atoms with E-state index in [9.17, 15) is 0 Å². The van der Waals surface area contributed by atoms with Crippen LogP contribution in [0.1, 0.15) is 16.0 Å². The van der Waals surface area contributed by atoms with Crippen LogP contribution in [0.15, 0.2) is 34.1 Å². The molecule has 0 aliphatic heterocycles. The standard InChI is InChI=1S/C13H11BrN2S/c1-9-6-11(3-2-10(9)7-15)16-8-13-12(14)4-5-17-13/h2-6,16H,8H2,1H3. The molecule has 0 spiro atoms. The van der Waals surface area contributed by atoms with E-state index in [4.69, 9.17) is 5.26 Å². The molecule has 0 atom stereocenters. The third kappa shape index (κ3) is 2.87. The highest BCUT2D eigenvalue weighted by molar-refractivity contribution is 9.10. The van der Waals surface area contributed by atoms with Crippen LogP contribution in [0, 0.1) is 18.3 Å². The summed E-state index contributed by atoms with van der Waals surface area (Å²) in [5.74, 6) is 0. The Balaban J connectivity index is 2.08. The van der Waals surface area contributed by atoms with Crippen LogP contribution in [-0.4, -0.2) is 0 Å². The maximum absolute atomic E-state index is 8.85. The molecule has 0 bridgehead atoms. The Labute approximate surface area is 113 Å². The van der Waals surface area contributed by atoms with Gasteiger partial charge in [-0.1, -0.05) is 0 Å². The van der Waals surface area contributed by atoms with Crippen LogP contribution in [0.3, 0.4) is 0 Å². The Morgan fingerprint density at radius 2 is 2.24 bits per heavy atom. The molecule has 1 N–H and O–H groups in total. The molecule has 0 saturated heterocycles. The second kappa shape index (κ2) is 5.35. The predicted octanol–water partition coefficient (Wildman–Crippen LogP) is 4.30. The molecular formula is C13H11BrN2S. The van der Waals surface area contributed by atoms with Crippen LogP contribution in [-0.2, 0) is 6.54 Å². The van der Waals surface area contributed by atoms with Gasteiger partial charge in [-0.25, -0.2) is 0 Å². The van der Waals surface area contributed by atoms with Crippen LogP contribution < -0.4 is 5.32 Å².